The molecule has 0 atom stereocenters. The van der Waals surface area contributed by atoms with E-state index in [-0.39, 0.29) is 0 Å². The van der Waals surface area contributed by atoms with E-state index in [1.54, 1.807) is 0 Å². The Morgan fingerprint density at radius 3 is 1.76 bits per heavy atom. The summed E-state index contributed by atoms with van der Waals surface area (Å²) in [5, 5.41) is 0. The second kappa shape index (κ2) is 7.57. The minimum absolute atomic E-state index is 0.399. The average Bonchev–Trinajstić information content (AvgIpc) is 2.70. The van der Waals surface area contributed by atoms with E-state index in [9.17, 15) is 0 Å². The first-order valence-electron chi connectivity index (χ1n) is 9.32. The van der Waals surface area contributed by atoms with Gasteiger partial charge in [-0.25, -0.2) is 0 Å². The van der Waals surface area contributed by atoms with E-state index in [0.717, 1.165) is 5.75 Å². The Kier molecular flexibility index (Phi) is 4.83. The molecule has 0 radical (unpaired) electrons. The summed E-state index contributed by atoms with van der Waals surface area (Å²) in [6.07, 6.45) is 6.74. The maximum atomic E-state index is 6.16. The molecule has 1 saturated carbocycles. The van der Waals surface area contributed by atoms with E-state index in [4.69, 9.17) is 4.74 Å². The standard InChI is InChI=1S/C24H24O/c1-3-9-19(10-4-1)23-13-7-8-14-24(23)20-15-17-22(18-16-20)25-21-11-5-2-6-12-21/h1,3-4,7-10,13-18,21H,2,5-6,11-12H2. The van der Waals surface area contributed by atoms with E-state index in [1.165, 1.54) is 54.4 Å². The fraction of sp³-hybridized carbons (Fsp3) is 0.250. The van der Waals surface area contributed by atoms with E-state index in [0.29, 0.717) is 6.10 Å². The SMILES string of the molecule is c1ccc(-c2ccccc2-c2ccc(OC3CCCCC3)cc2)cc1. The smallest absolute Gasteiger partial charge is 0.119 e. The van der Waals surface area contributed by atoms with E-state index >= 15 is 0 Å². The molecule has 1 aliphatic rings. The van der Waals surface area contributed by atoms with Gasteiger partial charge in [0.15, 0.2) is 0 Å². The van der Waals surface area contributed by atoms with Crippen molar-refractivity contribution in [1.29, 1.82) is 0 Å². The Hall–Kier alpha value is -2.54. The minimum atomic E-state index is 0.399. The summed E-state index contributed by atoms with van der Waals surface area (Å²) in [5.41, 5.74) is 5.01. The number of hydrogen-bond acceptors (Lipinski definition) is 1. The lowest BCUT2D eigenvalue weighted by atomic mass is 9.94. The van der Waals surface area contributed by atoms with Crippen LogP contribution in [0.4, 0.5) is 0 Å². The zero-order valence-electron chi connectivity index (χ0n) is 14.5. The van der Waals surface area contributed by atoms with Gasteiger partial charge in [-0.3, -0.25) is 0 Å². The molecule has 0 aromatic heterocycles. The Bertz CT molecular complexity index is 799. The molecule has 1 fully saturated rings. The molecule has 0 saturated heterocycles. The molecule has 126 valence electrons. The van der Waals surface area contributed by atoms with Crippen molar-refractivity contribution in [3.63, 3.8) is 0 Å². The van der Waals surface area contributed by atoms with Crippen molar-refractivity contribution in [3.8, 4) is 28.0 Å². The highest BCUT2D eigenvalue weighted by Crippen LogP contribution is 2.33. The predicted octanol–water partition coefficient (Wildman–Crippen LogP) is 6.73. The lowest BCUT2D eigenvalue weighted by Crippen LogP contribution is -2.19. The number of ether oxygens (including phenoxy) is 1. The highest BCUT2D eigenvalue weighted by atomic mass is 16.5. The third kappa shape index (κ3) is 3.76. The van der Waals surface area contributed by atoms with Crippen LogP contribution < -0.4 is 4.74 Å². The zero-order valence-corrected chi connectivity index (χ0v) is 14.5. The van der Waals surface area contributed by atoms with Crippen LogP contribution in [0, 0.1) is 0 Å². The number of benzene rings is 3. The average molecular weight is 328 g/mol. The Balaban J connectivity index is 1.58. The van der Waals surface area contributed by atoms with Crippen LogP contribution in [0.25, 0.3) is 22.3 Å². The molecule has 0 N–H and O–H groups in total. The summed E-state index contributed by atoms with van der Waals surface area (Å²) in [7, 11) is 0. The molecule has 0 spiro atoms. The second-order valence-electron chi connectivity index (χ2n) is 6.81. The summed E-state index contributed by atoms with van der Waals surface area (Å²) < 4.78 is 6.16. The van der Waals surface area contributed by atoms with E-state index in [2.05, 4.69) is 78.9 Å². The normalized spacial score (nSPS) is 15.0. The van der Waals surface area contributed by atoms with Crippen LogP contribution >= 0.6 is 0 Å². The molecule has 0 heterocycles. The van der Waals surface area contributed by atoms with Crippen molar-refractivity contribution in [3.05, 3.63) is 78.9 Å². The van der Waals surface area contributed by atoms with Gasteiger partial charge >= 0.3 is 0 Å². The lowest BCUT2D eigenvalue weighted by Gasteiger charge is -2.23. The maximum Gasteiger partial charge on any atom is 0.119 e. The van der Waals surface area contributed by atoms with Crippen LogP contribution in [0.2, 0.25) is 0 Å². The van der Waals surface area contributed by atoms with Gasteiger partial charge in [-0.2, -0.15) is 0 Å². The summed E-state index contributed by atoms with van der Waals surface area (Å²) >= 11 is 0. The van der Waals surface area contributed by atoms with Crippen LogP contribution in [-0.2, 0) is 0 Å². The topological polar surface area (TPSA) is 9.23 Å². The molecule has 1 heteroatoms. The molecule has 3 aromatic rings. The van der Waals surface area contributed by atoms with Crippen molar-refractivity contribution in [2.24, 2.45) is 0 Å². The third-order valence-corrected chi connectivity index (χ3v) is 5.03. The Morgan fingerprint density at radius 2 is 1.12 bits per heavy atom. The largest absolute Gasteiger partial charge is 0.490 e. The van der Waals surface area contributed by atoms with Crippen LogP contribution in [0.15, 0.2) is 78.9 Å². The van der Waals surface area contributed by atoms with Crippen molar-refractivity contribution in [1.82, 2.24) is 0 Å². The van der Waals surface area contributed by atoms with E-state index < -0.39 is 0 Å². The van der Waals surface area contributed by atoms with Gasteiger partial charge in [0.25, 0.3) is 0 Å². The van der Waals surface area contributed by atoms with Gasteiger partial charge in [0.2, 0.25) is 0 Å². The third-order valence-electron chi connectivity index (χ3n) is 5.03. The molecule has 0 bridgehead atoms. The highest BCUT2D eigenvalue weighted by molar-refractivity contribution is 5.83. The molecule has 1 nitrogen and oxygen atoms in total. The van der Waals surface area contributed by atoms with Gasteiger partial charge in [0.05, 0.1) is 6.10 Å². The summed E-state index contributed by atoms with van der Waals surface area (Å²) in [4.78, 5) is 0. The summed E-state index contributed by atoms with van der Waals surface area (Å²) in [6.45, 7) is 0. The molecule has 25 heavy (non-hydrogen) atoms. The van der Waals surface area contributed by atoms with Crippen LogP contribution in [0.1, 0.15) is 32.1 Å². The first-order valence-corrected chi connectivity index (χ1v) is 9.32. The Morgan fingerprint density at radius 1 is 0.560 bits per heavy atom. The molecule has 0 aliphatic heterocycles. The van der Waals surface area contributed by atoms with Crippen molar-refractivity contribution in [2.75, 3.05) is 0 Å². The van der Waals surface area contributed by atoms with Crippen LogP contribution in [0.3, 0.4) is 0 Å². The van der Waals surface area contributed by atoms with Gasteiger partial charge in [0.1, 0.15) is 5.75 Å². The molecule has 1 aliphatic carbocycles. The number of rotatable bonds is 4. The van der Waals surface area contributed by atoms with Gasteiger partial charge in [-0.15, -0.1) is 0 Å². The molecule has 4 rings (SSSR count). The molecule has 0 amide bonds. The monoisotopic (exact) mass is 328 g/mol. The van der Waals surface area contributed by atoms with Crippen molar-refractivity contribution < 1.29 is 4.74 Å². The van der Waals surface area contributed by atoms with Gasteiger partial charge in [-0.05, 0) is 60.1 Å². The molecular weight excluding hydrogens is 304 g/mol. The highest BCUT2D eigenvalue weighted by Gasteiger charge is 2.15. The predicted molar refractivity (Wildman–Crippen MR) is 105 cm³/mol. The van der Waals surface area contributed by atoms with Gasteiger partial charge < -0.3 is 4.74 Å². The summed E-state index contributed by atoms with van der Waals surface area (Å²) in [5.74, 6) is 0.993. The molecule has 3 aromatic carbocycles. The fourth-order valence-electron chi connectivity index (χ4n) is 3.69. The quantitative estimate of drug-likeness (QED) is 0.516. The van der Waals surface area contributed by atoms with Gasteiger partial charge in [0, 0.05) is 0 Å². The second-order valence-corrected chi connectivity index (χ2v) is 6.81. The van der Waals surface area contributed by atoms with Crippen LogP contribution in [0.5, 0.6) is 5.75 Å². The van der Waals surface area contributed by atoms with Gasteiger partial charge in [-0.1, -0.05) is 73.2 Å². The fourth-order valence-corrected chi connectivity index (χ4v) is 3.69. The first kappa shape index (κ1) is 16.0. The molecular formula is C24H24O. The van der Waals surface area contributed by atoms with Crippen molar-refractivity contribution in [2.45, 2.75) is 38.2 Å². The molecule has 0 unspecified atom stereocenters. The first-order chi connectivity index (χ1) is 12.4. The minimum Gasteiger partial charge on any atom is -0.490 e. The lowest BCUT2D eigenvalue weighted by molar-refractivity contribution is 0.155. The summed E-state index contributed by atoms with van der Waals surface area (Å²) in [6, 6.07) is 27.8. The number of hydrogen-bond donors (Lipinski definition) is 0. The maximum absolute atomic E-state index is 6.16. The zero-order chi connectivity index (χ0) is 16.9. The van der Waals surface area contributed by atoms with Crippen molar-refractivity contribution >= 4 is 0 Å². The Labute approximate surface area is 150 Å². The van der Waals surface area contributed by atoms with Crippen LogP contribution in [-0.4, -0.2) is 6.10 Å². The van der Waals surface area contributed by atoms with E-state index in [1.807, 2.05) is 0 Å².